The van der Waals surface area contributed by atoms with Gasteiger partial charge in [-0.25, -0.2) is 0 Å². The average Bonchev–Trinajstić information content (AvgIpc) is 2.58. The van der Waals surface area contributed by atoms with E-state index in [1.54, 1.807) is 0 Å². The number of aryl methyl sites for hydroxylation is 1. The quantitative estimate of drug-likeness (QED) is 0.762. The molecule has 3 N–H and O–H groups in total. The van der Waals surface area contributed by atoms with E-state index >= 15 is 0 Å². The molecule has 2 heteroatoms. The fourth-order valence-electron chi connectivity index (χ4n) is 1.99. The molecule has 2 rings (SSSR count). The summed E-state index contributed by atoms with van der Waals surface area (Å²) in [4.78, 5) is 3.44. The minimum absolute atomic E-state index is 0.717. The van der Waals surface area contributed by atoms with Gasteiger partial charge in [-0.05, 0) is 31.0 Å². The van der Waals surface area contributed by atoms with Crippen LogP contribution in [0.2, 0.25) is 0 Å². The number of nitrogens with two attached hydrogens (primary N) is 1. The molecule has 0 amide bonds. The lowest BCUT2D eigenvalue weighted by atomic mass is 10.1. The van der Waals surface area contributed by atoms with Crippen molar-refractivity contribution in [3.05, 3.63) is 35.5 Å². The Balaban J connectivity index is 2.61. The molecule has 0 aliphatic carbocycles. The lowest BCUT2D eigenvalue weighted by Crippen LogP contribution is -2.04. The maximum absolute atomic E-state index is 5.62. The van der Waals surface area contributed by atoms with Gasteiger partial charge in [-0.1, -0.05) is 25.1 Å². The lowest BCUT2D eigenvalue weighted by Gasteiger charge is -1.99. The first kappa shape index (κ1) is 9.28. The Labute approximate surface area is 84.1 Å². The Kier molecular flexibility index (Phi) is 2.55. The molecule has 0 spiro atoms. The van der Waals surface area contributed by atoms with E-state index in [0.29, 0.717) is 0 Å². The molecule has 0 saturated heterocycles. The van der Waals surface area contributed by atoms with E-state index in [9.17, 15) is 0 Å². The van der Waals surface area contributed by atoms with Gasteiger partial charge in [-0.3, -0.25) is 0 Å². The number of nitrogens with one attached hydrogen (secondary N) is 1. The van der Waals surface area contributed by atoms with Crippen molar-refractivity contribution in [1.29, 1.82) is 0 Å². The van der Waals surface area contributed by atoms with Crippen LogP contribution in [0.5, 0.6) is 0 Å². The summed E-state index contributed by atoms with van der Waals surface area (Å²) in [6, 6.07) is 8.42. The highest BCUT2D eigenvalue weighted by Gasteiger charge is 2.07. The van der Waals surface area contributed by atoms with Gasteiger partial charge in [0.05, 0.1) is 0 Å². The van der Waals surface area contributed by atoms with Crippen LogP contribution in [0, 0.1) is 0 Å². The molecule has 1 heterocycles. The number of H-pyrrole nitrogens is 1. The fourth-order valence-corrected chi connectivity index (χ4v) is 1.99. The maximum Gasteiger partial charge on any atom is 0.0458 e. The summed E-state index contributed by atoms with van der Waals surface area (Å²) in [5, 5.41) is 1.33. The van der Waals surface area contributed by atoms with Crippen LogP contribution in [0.1, 0.15) is 18.2 Å². The van der Waals surface area contributed by atoms with Crippen molar-refractivity contribution < 1.29 is 0 Å². The summed E-state index contributed by atoms with van der Waals surface area (Å²) in [5.41, 5.74) is 9.57. The molecule has 14 heavy (non-hydrogen) atoms. The van der Waals surface area contributed by atoms with E-state index in [0.717, 1.165) is 19.4 Å². The van der Waals surface area contributed by atoms with Gasteiger partial charge in [0.1, 0.15) is 0 Å². The average molecular weight is 188 g/mol. The molecule has 0 aliphatic rings. The molecule has 0 saturated carbocycles. The monoisotopic (exact) mass is 188 g/mol. The molecular weight excluding hydrogens is 172 g/mol. The minimum atomic E-state index is 0.717. The first-order chi connectivity index (χ1) is 6.86. The van der Waals surface area contributed by atoms with E-state index in [4.69, 9.17) is 5.73 Å². The van der Waals surface area contributed by atoms with Gasteiger partial charge in [-0.15, -0.1) is 0 Å². The minimum Gasteiger partial charge on any atom is -0.358 e. The van der Waals surface area contributed by atoms with Crippen molar-refractivity contribution in [2.45, 2.75) is 19.8 Å². The zero-order valence-electron chi connectivity index (χ0n) is 8.51. The zero-order valence-corrected chi connectivity index (χ0v) is 8.51. The third-order valence-corrected chi connectivity index (χ3v) is 2.65. The third-order valence-electron chi connectivity index (χ3n) is 2.65. The fraction of sp³-hybridized carbons (Fsp3) is 0.333. The van der Waals surface area contributed by atoms with Crippen LogP contribution < -0.4 is 5.73 Å². The Morgan fingerprint density at radius 2 is 2.07 bits per heavy atom. The summed E-state index contributed by atoms with van der Waals surface area (Å²) in [5.74, 6) is 0. The molecule has 0 radical (unpaired) electrons. The van der Waals surface area contributed by atoms with Gasteiger partial charge in [-0.2, -0.15) is 0 Å². The van der Waals surface area contributed by atoms with Crippen LogP contribution in [0.25, 0.3) is 10.9 Å². The van der Waals surface area contributed by atoms with E-state index < -0.39 is 0 Å². The molecule has 2 aromatic rings. The molecule has 0 bridgehead atoms. The Morgan fingerprint density at radius 3 is 2.79 bits per heavy atom. The molecular formula is C12H16N2. The van der Waals surface area contributed by atoms with Crippen LogP contribution >= 0.6 is 0 Å². The highest BCUT2D eigenvalue weighted by Crippen LogP contribution is 2.22. The smallest absolute Gasteiger partial charge is 0.0458 e. The number of rotatable bonds is 3. The van der Waals surface area contributed by atoms with E-state index in [1.807, 2.05) is 0 Å². The molecule has 0 unspecified atom stereocenters. The summed E-state index contributed by atoms with van der Waals surface area (Å²) in [7, 11) is 0. The second-order valence-corrected chi connectivity index (χ2v) is 3.52. The highest BCUT2D eigenvalue weighted by atomic mass is 14.7. The standard InChI is InChI=1S/C12H16N2/c1-2-11-10(7-8-13)9-5-3-4-6-12(9)14-11/h3-6,14H,2,7-8,13H2,1H3. The van der Waals surface area contributed by atoms with Crippen LogP contribution in [-0.2, 0) is 12.8 Å². The van der Waals surface area contributed by atoms with Crippen molar-refractivity contribution in [2.75, 3.05) is 6.54 Å². The normalized spacial score (nSPS) is 11.0. The summed E-state index contributed by atoms with van der Waals surface area (Å²) >= 11 is 0. The zero-order chi connectivity index (χ0) is 9.97. The van der Waals surface area contributed by atoms with Gasteiger partial charge >= 0.3 is 0 Å². The number of aromatic nitrogens is 1. The van der Waals surface area contributed by atoms with Crippen LogP contribution in [0.4, 0.5) is 0 Å². The number of hydrogen-bond acceptors (Lipinski definition) is 1. The number of para-hydroxylation sites is 1. The highest BCUT2D eigenvalue weighted by molar-refractivity contribution is 5.84. The van der Waals surface area contributed by atoms with Gasteiger partial charge in [0.25, 0.3) is 0 Å². The van der Waals surface area contributed by atoms with Crippen molar-refractivity contribution in [1.82, 2.24) is 4.98 Å². The van der Waals surface area contributed by atoms with Gasteiger partial charge in [0, 0.05) is 16.6 Å². The van der Waals surface area contributed by atoms with E-state index in [-0.39, 0.29) is 0 Å². The number of hydrogen-bond donors (Lipinski definition) is 2. The molecule has 1 aromatic carbocycles. The van der Waals surface area contributed by atoms with E-state index in [2.05, 4.69) is 36.2 Å². The van der Waals surface area contributed by atoms with Crippen LogP contribution in [0.3, 0.4) is 0 Å². The van der Waals surface area contributed by atoms with Crippen molar-refractivity contribution in [2.24, 2.45) is 5.73 Å². The van der Waals surface area contributed by atoms with Crippen molar-refractivity contribution in [3.63, 3.8) is 0 Å². The first-order valence-corrected chi connectivity index (χ1v) is 5.15. The maximum atomic E-state index is 5.62. The number of aromatic amines is 1. The van der Waals surface area contributed by atoms with Crippen molar-refractivity contribution >= 4 is 10.9 Å². The third kappa shape index (κ3) is 1.42. The lowest BCUT2D eigenvalue weighted by molar-refractivity contribution is 0.936. The summed E-state index contributed by atoms with van der Waals surface area (Å²) < 4.78 is 0. The largest absolute Gasteiger partial charge is 0.358 e. The number of benzene rings is 1. The second kappa shape index (κ2) is 3.84. The second-order valence-electron chi connectivity index (χ2n) is 3.52. The Bertz CT molecular complexity index is 429. The molecule has 0 fully saturated rings. The topological polar surface area (TPSA) is 41.8 Å². The van der Waals surface area contributed by atoms with Crippen molar-refractivity contribution in [3.8, 4) is 0 Å². The van der Waals surface area contributed by atoms with Crippen LogP contribution in [-0.4, -0.2) is 11.5 Å². The molecule has 0 aliphatic heterocycles. The SMILES string of the molecule is CCc1[nH]c2ccccc2c1CCN. The predicted octanol–water partition coefficient (Wildman–Crippen LogP) is 2.23. The molecule has 1 aromatic heterocycles. The predicted molar refractivity (Wildman–Crippen MR) is 60.4 cm³/mol. The van der Waals surface area contributed by atoms with E-state index in [1.165, 1.54) is 22.2 Å². The van der Waals surface area contributed by atoms with Gasteiger partial charge in [0.15, 0.2) is 0 Å². The number of fused-ring (bicyclic) bond motifs is 1. The molecule has 74 valence electrons. The summed E-state index contributed by atoms with van der Waals surface area (Å²) in [6.45, 7) is 2.89. The molecule has 0 atom stereocenters. The first-order valence-electron chi connectivity index (χ1n) is 5.15. The van der Waals surface area contributed by atoms with Gasteiger partial charge in [0.2, 0.25) is 0 Å². The molecule has 2 nitrogen and oxygen atoms in total. The van der Waals surface area contributed by atoms with Gasteiger partial charge < -0.3 is 10.7 Å². The van der Waals surface area contributed by atoms with Crippen LogP contribution in [0.15, 0.2) is 24.3 Å². The Hall–Kier alpha value is -1.28. The summed E-state index contributed by atoms with van der Waals surface area (Å²) in [6.07, 6.45) is 2.01. The Morgan fingerprint density at radius 1 is 1.29 bits per heavy atom.